The highest BCUT2D eigenvalue weighted by atomic mass is 32.2. The molecule has 1 aromatic carbocycles. The molecule has 0 aliphatic carbocycles. The van der Waals surface area contributed by atoms with Crippen molar-refractivity contribution in [2.24, 2.45) is 5.73 Å². The summed E-state index contributed by atoms with van der Waals surface area (Å²) >= 11 is 1.63. The van der Waals surface area contributed by atoms with Gasteiger partial charge in [-0.2, -0.15) is 11.8 Å². The summed E-state index contributed by atoms with van der Waals surface area (Å²) in [4.78, 5) is 11.8. The second kappa shape index (κ2) is 7.44. The molecule has 1 aromatic rings. The number of anilines is 1. The first kappa shape index (κ1) is 15.1. The first-order valence-corrected chi connectivity index (χ1v) is 7.35. The van der Waals surface area contributed by atoms with Gasteiger partial charge < -0.3 is 11.1 Å². The van der Waals surface area contributed by atoms with Crippen LogP contribution in [0.4, 0.5) is 5.69 Å². The molecule has 0 fully saturated rings. The van der Waals surface area contributed by atoms with Crippen LogP contribution in [0, 0.1) is 13.8 Å². The second-order valence-electron chi connectivity index (χ2n) is 4.61. The molecule has 0 aliphatic heterocycles. The first-order valence-electron chi connectivity index (χ1n) is 6.20. The third kappa shape index (κ3) is 5.10. The number of carbonyl (C=O) groups excluding carboxylic acids is 1. The van der Waals surface area contributed by atoms with Gasteiger partial charge in [0.1, 0.15) is 0 Å². The fourth-order valence-electron chi connectivity index (χ4n) is 1.51. The summed E-state index contributed by atoms with van der Waals surface area (Å²) < 4.78 is 0. The average molecular weight is 266 g/mol. The summed E-state index contributed by atoms with van der Waals surface area (Å²) in [7, 11) is 0. The van der Waals surface area contributed by atoms with Gasteiger partial charge in [-0.05, 0) is 50.1 Å². The maximum Gasteiger partial charge on any atom is 0.234 e. The number of nitrogens with one attached hydrogen (secondary N) is 1. The summed E-state index contributed by atoms with van der Waals surface area (Å²) in [6.45, 7) is 6.05. The molecule has 0 spiro atoms. The molecule has 0 heterocycles. The third-order valence-electron chi connectivity index (χ3n) is 2.83. The number of carbonyl (C=O) groups is 1. The van der Waals surface area contributed by atoms with Gasteiger partial charge in [-0.3, -0.25) is 4.79 Å². The number of thioether (sulfide) groups is 1. The summed E-state index contributed by atoms with van der Waals surface area (Å²) in [5.41, 5.74) is 8.89. The van der Waals surface area contributed by atoms with Gasteiger partial charge in [-0.15, -0.1) is 0 Å². The largest absolute Gasteiger partial charge is 0.328 e. The van der Waals surface area contributed by atoms with E-state index in [9.17, 15) is 4.79 Å². The van der Waals surface area contributed by atoms with E-state index in [4.69, 9.17) is 5.73 Å². The molecule has 0 saturated carbocycles. The van der Waals surface area contributed by atoms with E-state index >= 15 is 0 Å². The summed E-state index contributed by atoms with van der Waals surface area (Å²) in [6, 6.07) is 6.15. The van der Waals surface area contributed by atoms with Gasteiger partial charge in [-0.1, -0.05) is 12.1 Å². The van der Waals surface area contributed by atoms with Crippen molar-refractivity contribution >= 4 is 23.4 Å². The number of nitrogens with two attached hydrogens (primary N) is 1. The van der Waals surface area contributed by atoms with Gasteiger partial charge in [0, 0.05) is 11.7 Å². The fourth-order valence-corrected chi connectivity index (χ4v) is 2.45. The van der Waals surface area contributed by atoms with Crippen molar-refractivity contribution in [3.05, 3.63) is 29.3 Å². The van der Waals surface area contributed by atoms with E-state index in [0.717, 1.165) is 23.4 Å². The van der Waals surface area contributed by atoms with Crippen LogP contribution in [-0.2, 0) is 4.79 Å². The normalized spacial score (nSPS) is 12.2. The maximum absolute atomic E-state index is 11.8. The molecular weight excluding hydrogens is 244 g/mol. The Morgan fingerprint density at radius 1 is 1.44 bits per heavy atom. The number of hydrogen-bond donors (Lipinski definition) is 2. The van der Waals surface area contributed by atoms with Gasteiger partial charge in [0.25, 0.3) is 0 Å². The van der Waals surface area contributed by atoms with E-state index in [1.165, 1.54) is 5.56 Å². The molecule has 1 unspecified atom stereocenters. The topological polar surface area (TPSA) is 55.1 Å². The first-order chi connectivity index (χ1) is 8.50. The standard InChI is InChI=1S/C14H22N2OS/c1-10-5-4-6-13(12(10)3)16-14(17)9-18-8-7-11(2)15/h4-6,11H,7-9,15H2,1-3H3,(H,16,17). The third-order valence-corrected chi connectivity index (χ3v) is 3.82. The van der Waals surface area contributed by atoms with Crippen molar-refractivity contribution in [2.45, 2.75) is 33.2 Å². The molecule has 3 nitrogen and oxygen atoms in total. The molecule has 0 bridgehead atoms. The molecule has 0 aliphatic rings. The highest BCUT2D eigenvalue weighted by molar-refractivity contribution is 7.99. The Bertz CT molecular complexity index is 405. The molecule has 100 valence electrons. The minimum Gasteiger partial charge on any atom is -0.328 e. The number of hydrogen-bond acceptors (Lipinski definition) is 3. The maximum atomic E-state index is 11.8. The molecular formula is C14H22N2OS. The highest BCUT2D eigenvalue weighted by Crippen LogP contribution is 2.18. The van der Waals surface area contributed by atoms with E-state index in [-0.39, 0.29) is 11.9 Å². The quantitative estimate of drug-likeness (QED) is 0.778. The second-order valence-corrected chi connectivity index (χ2v) is 5.72. The predicted octanol–water partition coefficient (Wildman–Crippen LogP) is 2.71. The monoisotopic (exact) mass is 266 g/mol. The van der Waals surface area contributed by atoms with Crippen molar-refractivity contribution < 1.29 is 4.79 Å². The Morgan fingerprint density at radius 2 is 2.17 bits per heavy atom. The van der Waals surface area contributed by atoms with E-state index in [2.05, 4.69) is 5.32 Å². The lowest BCUT2D eigenvalue weighted by molar-refractivity contribution is -0.113. The molecule has 1 atom stereocenters. The smallest absolute Gasteiger partial charge is 0.234 e. The zero-order chi connectivity index (χ0) is 13.5. The van der Waals surface area contributed by atoms with Crippen LogP contribution in [0.1, 0.15) is 24.5 Å². The average Bonchev–Trinajstić information content (AvgIpc) is 2.30. The van der Waals surface area contributed by atoms with Crippen molar-refractivity contribution in [1.82, 2.24) is 0 Å². The van der Waals surface area contributed by atoms with Crippen LogP contribution in [0.15, 0.2) is 18.2 Å². The summed E-state index contributed by atoms with van der Waals surface area (Å²) in [6.07, 6.45) is 0.946. The minimum absolute atomic E-state index is 0.0541. The Kier molecular flexibility index (Phi) is 6.22. The zero-order valence-corrected chi connectivity index (χ0v) is 12.1. The summed E-state index contributed by atoms with van der Waals surface area (Å²) in [5, 5.41) is 2.95. The lowest BCUT2D eigenvalue weighted by Gasteiger charge is -2.10. The lowest BCUT2D eigenvalue weighted by Crippen LogP contribution is -2.18. The molecule has 3 N–H and O–H groups in total. The van der Waals surface area contributed by atoms with Crippen molar-refractivity contribution in [3.8, 4) is 0 Å². The Morgan fingerprint density at radius 3 is 2.83 bits per heavy atom. The SMILES string of the molecule is Cc1cccc(NC(=O)CSCCC(C)N)c1C. The van der Waals surface area contributed by atoms with Crippen LogP contribution in [0.5, 0.6) is 0 Å². The number of aryl methyl sites for hydroxylation is 1. The zero-order valence-electron chi connectivity index (χ0n) is 11.3. The Hall–Kier alpha value is -1.00. The van der Waals surface area contributed by atoms with E-state index in [1.54, 1.807) is 11.8 Å². The number of benzene rings is 1. The molecule has 1 rings (SSSR count). The van der Waals surface area contributed by atoms with Crippen LogP contribution in [-0.4, -0.2) is 23.5 Å². The van der Waals surface area contributed by atoms with Gasteiger partial charge in [0.15, 0.2) is 0 Å². The Labute approximate surface area is 114 Å². The van der Waals surface area contributed by atoms with E-state index in [0.29, 0.717) is 5.75 Å². The van der Waals surface area contributed by atoms with Crippen LogP contribution >= 0.6 is 11.8 Å². The predicted molar refractivity (Wildman–Crippen MR) is 80.1 cm³/mol. The molecule has 1 amide bonds. The molecule has 0 aromatic heterocycles. The van der Waals surface area contributed by atoms with Gasteiger partial charge in [0.05, 0.1) is 5.75 Å². The highest BCUT2D eigenvalue weighted by Gasteiger charge is 2.06. The van der Waals surface area contributed by atoms with Crippen LogP contribution in [0.25, 0.3) is 0 Å². The van der Waals surface area contributed by atoms with Crippen LogP contribution < -0.4 is 11.1 Å². The van der Waals surface area contributed by atoms with Gasteiger partial charge in [0.2, 0.25) is 5.91 Å². The number of amides is 1. The molecule has 18 heavy (non-hydrogen) atoms. The van der Waals surface area contributed by atoms with Crippen molar-refractivity contribution in [2.75, 3.05) is 16.8 Å². The van der Waals surface area contributed by atoms with Crippen LogP contribution in [0.3, 0.4) is 0 Å². The summed E-state index contributed by atoms with van der Waals surface area (Å²) in [5.74, 6) is 1.47. The molecule has 0 saturated heterocycles. The lowest BCUT2D eigenvalue weighted by atomic mass is 10.1. The van der Waals surface area contributed by atoms with E-state index < -0.39 is 0 Å². The van der Waals surface area contributed by atoms with E-state index in [1.807, 2.05) is 39.0 Å². The molecule has 0 radical (unpaired) electrons. The van der Waals surface area contributed by atoms with Gasteiger partial charge >= 0.3 is 0 Å². The fraction of sp³-hybridized carbons (Fsp3) is 0.500. The number of rotatable bonds is 6. The van der Waals surface area contributed by atoms with Crippen molar-refractivity contribution in [3.63, 3.8) is 0 Å². The van der Waals surface area contributed by atoms with Crippen LogP contribution in [0.2, 0.25) is 0 Å². The molecule has 4 heteroatoms. The van der Waals surface area contributed by atoms with Gasteiger partial charge in [-0.25, -0.2) is 0 Å². The minimum atomic E-state index is 0.0541. The Balaban J connectivity index is 2.38. The van der Waals surface area contributed by atoms with Crippen molar-refractivity contribution in [1.29, 1.82) is 0 Å².